The van der Waals surface area contributed by atoms with Crippen molar-refractivity contribution in [3.63, 3.8) is 0 Å². The third-order valence-electron chi connectivity index (χ3n) is 3.79. The second-order valence-electron chi connectivity index (χ2n) is 6.03. The molecule has 0 radical (unpaired) electrons. The highest BCUT2D eigenvalue weighted by Gasteiger charge is 2.20. The van der Waals surface area contributed by atoms with E-state index in [0.717, 1.165) is 6.42 Å². The van der Waals surface area contributed by atoms with Gasteiger partial charge in [0.15, 0.2) is 0 Å². The van der Waals surface area contributed by atoms with E-state index < -0.39 is 0 Å². The van der Waals surface area contributed by atoms with E-state index >= 15 is 0 Å². The highest BCUT2D eigenvalue weighted by atomic mass is 32.1. The Bertz CT molecular complexity index is 578. The summed E-state index contributed by atoms with van der Waals surface area (Å²) in [4.78, 5) is 13.4. The molecule has 0 aliphatic heterocycles. The fourth-order valence-electron chi connectivity index (χ4n) is 2.19. The number of carbonyl (C=O) groups excluding carboxylic acids is 1. The zero-order valence-electron chi connectivity index (χ0n) is 13.4. The minimum Gasteiger partial charge on any atom is -0.350 e. The fourth-order valence-corrected chi connectivity index (χ4v) is 3.02. The number of amides is 1. The lowest BCUT2D eigenvalue weighted by Crippen LogP contribution is -2.46. The van der Waals surface area contributed by atoms with Crippen molar-refractivity contribution in [3.8, 4) is 0 Å². The van der Waals surface area contributed by atoms with Crippen molar-refractivity contribution in [1.82, 2.24) is 10.6 Å². The molecule has 0 unspecified atom stereocenters. The van der Waals surface area contributed by atoms with Gasteiger partial charge >= 0.3 is 0 Å². The average Bonchev–Trinajstić information content (AvgIpc) is 3.02. The molecule has 0 saturated heterocycles. The van der Waals surface area contributed by atoms with Crippen LogP contribution in [-0.4, -0.2) is 18.0 Å². The van der Waals surface area contributed by atoms with Crippen molar-refractivity contribution in [2.45, 2.75) is 38.8 Å². The molecule has 1 aromatic heterocycles. The summed E-state index contributed by atoms with van der Waals surface area (Å²) >= 11 is 1.70. The van der Waals surface area contributed by atoms with Crippen LogP contribution < -0.4 is 10.6 Å². The first-order chi connectivity index (χ1) is 10.5. The molecule has 0 aliphatic rings. The molecule has 0 spiro atoms. The van der Waals surface area contributed by atoms with Gasteiger partial charge in [0.05, 0.1) is 12.6 Å². The Kier molecular flexibility index (Phi) is 5.75. The van der Waals surface area contributed by atoms with E-state index in [4.69, 9.17) is 0 Å². The summed E-state index contributed by atoms with van der Waals surface area (Å²) in [5.74, 6) is 0.0318. The Hall–Kier alpha value is -1.65. The predicted molar refractivity (Wildman–Crippen MR) is 93.1 cm³/mol. The van der Waals surface area contributed by atoms with Crippen LogP contribution >= 0.6 is 11.3 Å². The summed E-state index contributed by atoms with van der Waals surface area (Å²) in [5.41, 5.74) is 1.01. The van der Waals surface area contributed by atoms with Crippen LogP contribution in [0.4, 0.5) is 0 Å². The van der Waals surface area contributed by atoms with Gasteiger partial charge in [0.1, 0.15) is 0 Å². The minimum atomic E-state index is -0.163. The first kappa shape index (κ1) is 16.7. The summed E-state index contributed by atoms with van der Waals surface area (Å²) in [6.45, 7) is 6.46. The largest absolute Gasteiger partial charge is 0.350 e. The maximum absolute atomic E-state index is 12.2. The summed E-state index contributed by atoms with van der Waals surface area (Å²) in [6, 6.07) is 14.4. The van der Waals surface area contributed by atoms with Crippen LogP contribution in [0, 0.1) is 0 Å². The van der Waals surface area contributed by atoms with Gasteiger partial charge in [-0.3, -0.25) is 10.1 Å². The van der Waals surface area contributed by atoms with Gasteiger partial charge in [0.2, 0.25) is 5.91 Å². The van der Waals surface area contributed by atoms with E-state index in [0.29, 0.717) is 6.54 Å². The first-order valence-electron chi connectivity index (χ1n) is 7.64. The lowest BCUT2D eigenvalue weighted by molar-refractivity contribution is -0.121. The number of rotatable bonds is 7. The van der Waals surface area contributed by atoms with Gasteiger partial charge in [-0.25, -0.2) is 0 Å². The quantitative estimate of drug-likeness (QED) is 0.817. The monoisotopic (exact) mass is 316 g/mol. The molecule has 0 fully saturated rings. The van der Waals surface area contributed by atoms with Crippen LogP contribution in [-0.2, 0) is 4.79 Å². The molecule has 1 amide bonds. The van der Waals surface area contributed by atoms with Gasteiger partial charge in [-0.2, -0.15) is 0 Å². The van der Waals surface area contributed by atoms with Crippen molar-refractivity contribution in [1.29, 1.82) is 0 Å². The van der Waals surface area contributed by atoms with Crippen molar-refractivity contribution in [2.75, 3.05) is 6.54 Å². The van der Waals surface area contributed by atoms with Gasteiger partial charge in [-0.05, 0) is 37.3 Å². The molecule has 22 heavy (non-hydrogen) atoms. The maximum Gasteiger partial charge on any atom is 0.234 e. The Morgan fingerprint density at radius 2 is 1.91 bits per heavy atom. The molecule has 2 rings (SSSR count). The van der Waals surface area contributed by atoms with Crippen LogP contribution in [0.3, 0.4) is 0 Å². The van der Waals surface area contributed by atoms with Gasteiger partial charge in [0, 0.05) is 10.4 Å². The van der Waals surface area contributed by atoms with E-state index in [1.807, 2.05) is 38.1 Å². The maximum atomic E-state index is 12.2. The highest BCUT2D eigenvalue weighted by Crippen LogP contribution is 2.25. The zero-order valence-corrected chi connectivity index (χ0v) is 14.2. The van der Waals surface area contributed by atoms with Crippen molar-refractivity contribution in [3.05, 3.63) is 58.3 Å². The Morgan fingerprint density at radius 3 is 2.50 bits per heavy atom. The second kappa shape index (κ2) is 7.56. The summed E-state index contributed by atoms with van der Waals surface area (Å²) in [6.07, 6.45) is 0.909. The van der Waals surface area contributed by atoms with Gasteiger partial charge in [-0.15, -0.1) is 11.3 Å². The molecular weight excluding hydrogens is 292 g/mol. The number of thiophene rings is 1. The Balaban J connectivity index is 2.04. The van der Waals surface area contributed by atoms with Crippen LogP contribution in [0.15, 0.2) is 47.8 Å². The van der Waals surface area contributed by atoms with Crippen molar-refractivity contribution < 1.29 is 4.79 Å². The zero-order chi connectivity index (χ0) is 16.0. The number of nitrogens with one attached hydrogen (secondary N) is 2. The molecule has 1 aromatic carbocycles. The van der Waals surface area contributed by atoms with Gasteiger partial charge in [0.25, 0.3) is 0 Å². The van der Waals surface area contributed by atoms with Crippen LogP contribution in [0.25, 0.3) is 0 Å². The third-order valence-corrected chi connectivity index (χ3v) is 4.73. The lowest BCUT2D eigenvalue weighted by Gasteiger charge is -2.25. The van der Waals surface area contributed by atoms with Gasteiger partial charge < -0.3 is 5.32 Å². The van der Waals surface area contributed by atoms with Crippen molar-refractivity contribution >= 4 is 17.2 Å². The number of hydrogen-bond acceptors (Lipinski definition) is 3. The van der Waals surface area contributed by atoms with E-state index in [2.05, 4.69) is 41.1 Å². The van der Waals surface area contributed by atoms with Crippen molar-refractivity contribution in [2.24, 2.45) is 0 Å². The molecule has 0 aliphatic carbocycles. The van der Waals surface area contributed by atoms with E-state index in [9.17, 15) is 4.79 Å². The summed E-state index contributed by atoms with van der Waals surface area (Å²) in [7, 11) is 0. The standard InChI is InChI=1S/C18H24N2OS/c1-4-18(2,3)20-16(21)13-19-17(15-11-8-12-22-15)14-9-6-5-7-10-14/h5-12,17,19H,4,13H2,1-3H3,(H,20,21)/t17-/m1/s1. The molecule has 3 nitrogen and oxygen atoms in total. The Morgan fingerprint density at radius 1 is 1.18 bits per heavy atom. The lowest BCUT2D eigenvalue weighted by atomic mass is 10.0. The second-order valence-corrected chi connectivity index (χ2v) is 7.00. The molecular formula is C18H24N2OS. The van der Waals surface area contributed by atoms with E-state index in [1.54, 1.807) is 11.3 Å². The van der Waals surface area contributed by atoms with Crippen LogP contribution in [0.5, 0.6) is 0 Å². The molecule has 118 valence electrons. The van der Waals surface area contributed by atoms with E-state index in [1.165, 1.54) is 10.4 Å². The summed E-state index contributed by atoms with van der Waals surface area (Å²) < 4.78 is 0. The van der Waals surface area contributed by atoms with Gasteiger partial charge in [-0.1, -0.05) is 43.3 Å². The number of hydrogen-bond donors (Lipinski definition) is 2. The SMILES string of the molecule is CCC(C)(C)NC(=O)CN[C@H](c1ccccc1)c1cccs1. The van der Waals surface area contributed by atoms with E-state index in [-0.39, 0.29) is 17.5 Å². The summed E-state index contributed by atoms with van der Waals surface area (Å²) in [5, 5.41) is 8.51. The molecule has 4 heteroatoms. The topological polar surface area (TPSA) is 41.1 Å². The molecule has 2 N–H and O–H groups in total. The smallest absolute Gasteiger partial charge is 0.234 e. The molecule has 1 atom stereocenters. The fraction of sp³-hybridized carbons (Fsp3) is 0.389. The first-order valence-corrected chi connectivity index (χ1v) is 8.52. The van der Waals surface area contributed by atoms with Crippen LogP contribution in [0.1, 0.15) is 43.7 Å². The molecule has 1 heterocycles. The number of benzene rings is 1. The van der Waals surface area contributed by atoms with Crippen LogP contribution in [0.2, 0.25) is 0 Å². The molecule has 0 bridgehead atoms. The number of carbonyl (C=O) groups is 1. The highest BCUT2D eigenvalue weighted by molar-refractivity contribution is 7.10. The predicted octanol–water partition coefficient (Wildman–Crippen LogP) is 3.73. The minimum absolute atomic E-state index is 0.0318. The molecule has 2 aromatic rings. The third kappa shape index (κ3) is 4.68. The normalized spacial score (nSPS) is 12.9. The Labute approximate surface area is 136 Å². The average molecular weight is 316 g/mol. The molecule has 0 saturated carbocycles.